The van der Waals surface area contributed by atoms with Gasteiger partial charge in [-0.15, -0.1) is 0 Å². The molecule has 2 aliphatic rings. The Hall–Kier alpha value is -1.48. The van der Waals surface area contributed by atoms with Crippen molar-refractivity contribution < 1.29 is 17.9 Å². The molecule has 2 heterocycles. The maximum Gasteiger partial charge on any atom is 0.320 e. The summed E-state index contributed by atoms with van der Waals surface area (Å²) in [6.07, 6.45) is 1.49. The van der Waals surface area contributed by atoms with E-state index in [1.54, 1.807) is 18.4 Å². The highest BCUT2D eigenvalue weighted by Gasteiger charge is 2.44. The lowest BCUT2D eigenvalue weighted by Gasteiger charge is -2.48. The summed E-state index contributed by atoms with van der Waals surface area (Å²) in [5.41, 5.74) is 2.39. The van der Waals surface area contributed by atoms with Gasteiger partial charge in [0.15, 0.2) is 0 Å². The van der Waals surface area contributed by atoms with Gasteiger partial charge in [0.05, 0.1) is 13.2 Å². The van der Waals surface area contributed by atoms with E-state index in [4.69, 9.17) is 4.74 Å². The van der Waals surface area contributed by atoms with E-state index >= 15 is 0 Å². The third kappa shape index (κ3) is 4.03. The molecule has 1 aromatic carbocycles. The molecule has 0 saturated carbocycles. The summed E-state index contributed by atoms with van der Waals surface area (Å²) >= 11 is 0. The lowest BCUT2D eigenvalue weighted by atomic mass is 9.69. The number of rotatable bonds is 5. The molecule has 1 saturated heterocycles. The first-order chi connectivity index (χ1) is 12.8. The third-order valence-electron chi connectivity index (χ3n) is 5.63. The van der Waals surface area contributed by atoms with Crippen molar-refractivity contribution in [3.05, 3.63) is 35.4 Å². The summed E-state index contributed by atoms with van der Waals surface area (Å²) in [6.45, 7) is 4.90. The molecular formula is C19H29N3O4S. The maximum absolute atomic E-state index is 12.5. The van der Waals surface area contributed by atoms with E-state index in [0.29, 0.717) is 19.7 Å². The smallest absolute Gasteiger partial charge is 0.320 e. The van der Waals surface area contributed by atoms with Gasteiger partial charge < -0.3 is 4.74 Å². The van der Waals surface area contributed by atoms with Gasteiger partial charge >= 0.3 is 5.97 Å². The Balaban J connectivity index is 1.82. The maximum atomic E-state index is 12.5. The van der Waals surface area contributed by atoms with Crippen LogP contribution in [0.3, 0.4) is 0 Å². The molecule has 8 heteroatoms. The van der Waals surface area contributed by atoms with Crippen molar-refractivity contribution in [1.82, 2.24) is 13.5 Å². The summed E-state index contributed by atoms with van der Waals surface area (Å²) in [6, 6.07) is 8.33. The van der Waals surface area contributed by atoms with Gasteiger partial charge in [0, 0.05) is 45.7 Å². The number of ether oxygens (including phenoxy) is 1. The zero-order chi connectivity index (χ0) is 19.7. The standard InChI is InChI=1S/C19H29N3O4S/c1-4-26-18(23)14-21-13-16-7-5-6-8-17(16)19(15-21)9-11-22(12-10-19)27(24,25)20(2)3/h5-8H,4,9-15H2,1-3H3. The normalized spacial score (nSPS) is 20.6. The zero-order valence-electron chi connectivity index (χ0n) is 16.3. The van der Waals surface area contributed by atoms with Gasteiger partial charge in [-0.05, 0) is 30.9 Å². The predicted molar refractivity (Wildman–Crippen MR) is 103 cm³/mol. The largest absolute Gasteiger partial charge is 0.465 e. The van der Waals surface area contributed by atoms with Crippen molar-refractivity contribution in [3.63, 3.8) is 0 Å². The second-order valence-electron chi connectivity index (χ2n) is 7.58. The molecule has 0 bridgehead atoms. The van der Waals surface area contributed by atoms with E-state index in [0.717, 1.165) is 25.9 Å². The molecule has 1 aromatic rings. The van der Waals surface area contributed by atoms with E-state index < -0.39 is 10.2 Å². The number of fused-ring (bicyclic) bond motifs is 2. The fraction of sp³-hybridized carbons (Fsp3) is 0.632. The van der Waals surface area contributed by atoms with Gasteiger partial charge in [-0.1, -0.05) is 24.3 Å². The quantitative estimate of drug-likeness (QED) is 0.701. The Morgan fingerprint density at radius 3 is 2.52 bits per heavy atom. The number of nitrogens with zero attached hydrogens (tertiary/aromatic N) is 3. The monoisotopic (exact) mass is 395 g/mol. The molecule has 0 amide bonds. The zero-order valence-corrected chi connectivity index (χ0v) is 17.2. The lowest BCUT2D eigenvalue weighted by Crippen LogP contribution is -2.54. The van der Waals surface area contributed by atoms with Crippen LogP contribution >= 0.6 is 0 Å². The molecular weight excluding hydrogens is 366 g/mol. The fourth-order valence-electron chi connectivity index (χ4n) is 4.29. The molecule has 0 radical (unpaired) electrons. The highest BCUT2D eigenvalue weighted by atomic mass is 32.2. The summed E-state index contributed by atoms with van der Waals surface area (Å²) < 4.78 is 32.9. The highest BCUT2D eigenvalue weighted by molar-refractivity contribution is 7.86. The first-order valence-electron chi connectivity index (χ1n) is 9.42. The summed E-state index contributed by atoms with van der Waals surface area (Å²) in [4.78, 5) is 14.1. The SMILES string of the molecule is CCOC(=O)CN1Cc2ccccc2C2(CCN(S(=O)(=O)N(C)C)CC2)C1. The number of hydrogen-bond donors (Lipinski definition) is 0. The number of benzene rings is 1. The van der Waals surface area contributed by atoms with E-state index in [1.807, 2.05) is 19.1 Å². The van der Waals surface area contributed by atoms with Crippen LogP contribution in [-0.2, 0) is 31.7 Å². The molecule has 7 nitrogen and oxygen atoms in total. The molecule has 27 heavy (non-hydrogen) atoms. The Labute approximate surface area is 162 Å². The van der Waals surface area contributed by atoms with E-state index in [-0.39, 0.29) is 17.9 Å². The molecule has 0 N–H and O–H groups in total. The molecule has 2 aliphatic heterocycles. The Morgan fingerprint density at radius 1 is 1.22 bits per heavy atom. The predicted octanol–water partition coefficient (Wildman–Crippen LogP) is 1.21. The summed E-state index contributed by atoms with van der Waals surface area (Å²) in [5.74, 6) is -0.209. The average molecular weight is 396 g/mol. The fourth-order valence-corrected chi connectivity index (χ4v) is 5.40. The number of hydrogen-bond acceptors (Lipinski definition) is 5. The van der Waals surface area contributed by atoms with Crippen LogP contribution < -0.4 is 0 Å². The first kappa shape index (κ1) is 20.3. The van der Waals surface area contributed by atoms with Gasteiger partial charge in [-0.3, -0.25) is 9.69 Å². The minimum atomic E-state index is -3.39. The molecule has 0 aromatic heterocycles. The summed E-state index contributed by atoms with van der Waals surface area (Å²) in [7, 11) is -0.261. The third-order valence-corrected chi connectivity index (χ3v) is 7.57. The number of carbonyl (C=O) groups is 1. The Morgan fingerprint density at radius 2 is 1.89 bits per heavy atom. The van der Waals surface area contributed by atoms with Crippen molar-refractivity contribution in [2.75, 3.05) is 46.9 Å². The van der Waals surface area contributed by atoms with Crippen LogP contribution in [0.15, 0.2) is 24.3 Å². The van der Waals surface area contributed by atoms with Crippen LogP contribution in [0.25, 0.3) is 0 Å². The lowest BCUT2D eigenvalue weighted by molar-refractivity contribution is -0.145. The van der Waals surface area contributed by atoms with Crippen LogP contribution in [0.5, 0.6) is 0 Å². The Bertz CT molecular complexity index is 786. The Kier molecular flexibility index (Phi) is 5.90. The van der Waals surface area contributed by atoms with Gasteiger partial charge in [-0.25, -0.2) is 0 Å². The second-order valence-corrected chi connectivity index (χ2v) is 9.72. The molecule has 1 fully saturated rings. The second kappa shape index (κ2) is 7.87. The molecule has 3 rings (SSSR count). The van der Waals surface area contributed by atoms with Crippen LogP contribution in [0.1, 0.15) is 30.9 Å². The minimum Gasteiger partial charge on any atom is -0.465 e. The number of piperidine rings is 1. The highest BCUT2D eigenvalue weighted by Crippen LogP contribution is 2.42. The van der Waals surface area contributed by atoms with Crippen molar-refractivity contribution in [2.24, 2.45) is 0 Å². The number of carbonyl (C=O) groups excluding carboxylic acids is 1. The van der Waals surface area contributed by atoms with E-state index in [2.05, 4.69) is 17.0 Å². The van der Waals surface area contributed by atoms with E-state index in [1.165, 1.54) is 15.4 Å². The topological polar surface area (TPSA) is 70.2 Å². The number of esters is 1. The van der Waals surface area contributed by atoms with Gasteiger partial charge in [0.2, 0.25) is 0 Å². The van der Waals surface area contributed by atoms with Crippen molar-refractivity contribution in [3.8, 4) is 0 Å². The molecule has 0 aliphatic carbocycles. The molecule has 0 unspecified atom stereocenters. The average Bonchev–Trinajstić information content (AvgIpc) is 2.62. The minimum absolute atomic E-state index is 0.125. The van der Waals surface area contributed by atoms with Crippen molar-refractivity contribution >= 4 is 16.2 Å². The van der Waals surface area contributed by atoms with Crippen LogP contribution in [0.2, 0.25) is 0 Å². The van der Waals surface area contributed by atoms with Gasteiger partial charge in [0.1, 0.15) is 0 Å². The van der Waals surface area contributed by atoms with Crippen LogP contribution in [0, 0.1) is 0 Å². The molecule has 0 atom stereocenters. The van der Waals surface area contributed by atoms with Crippen LogP contribution in [0.4, 0.5) is 0 Å². The van der Waals surface area contributed by atoms with Gasteiger partial charge in [-0.2, -0.15) is 17.0 Å². The van der Waals surface area contributed by atoms with Crippen LogP contribution in [-0.4, -0.2) is 74.8 Å². The van der Waals surface area contributed by atoms with Gasteiger partial charge in [0.25, 0.3) is 10.2 Å². The first-order valence-corrected chi connectivity index (χ1v) is 10.8. The van der Waals surface area contributed by atoms with Crippen molar-refractivity contribution in [1.29, 1.82) is 0 Å². The van der Waals surface area contributed by atoms with E-state index in [9.17, 15) is 13.2 Å². The van der Waals surface area contributed by atoms with Crippen molar-refractivity contribution in [2.45, 2.75) is 31.7 Å². The molecule has 1 spiro atoms. The molecule has 150 valence electrons. The summed E-state index contributed by atoms with van der Waals surface area (Å²) in [5, 5.41) is 0.